The van der Waals surface area contributed by atoms with Crippen molar-refractivity contribution in [2.24, 2.45) is 5.41 Å². The number of anilines is 1. The lowest BCUT2D eigenvalue weighted by Crippen LogP contribution is -2.46. The fraction of sp³-hybridized carbons (Fsp3) is 0.387. The summed E-state index contributed by atoms with van der Waals surface area (Å²) in [7, 11) is 0. The summed E-state index contributed by atoms with van der Waals surface area (Å²) < 4.78 is 65.8. The highest BCUT2D eigenvalue weighted by Crippen LogP contribution is 2.61. The number of terminal acetylenes is 1. The highest BCUT2D eigenvalue weighted by atomic mass is 19.3. The van der Waals surface area contributed by atoms with Crippen LogP contribution in [0.2, 0.25) is 0 Å². The molecule has 0 radical (unpaired) electrons. The number of fused-ring (bicyclic) bond motifs is 2. The fourth-order valence-corrected chi connectivity index (χ4v) is 6.00. The first-order chi connectivity index (χ1) is 20.1. The Morgan fingerprint density at radius 3 is 2.57 bits per heavy atom. The maximum absolute atomic E-state index is 16.4. The number of rotatable bonds is 7. The summed E-state index contributed by atoms with van der Waals surface area (Å²) in [5, 5.41) is 11.4. The molecule has 4 heterocycles. The molecule has 2 saturated heterocycles. The molecule has 11 heteroatoms. The van der Waals surface area contributed by atoms with Gasteiger partial charge in [0.15, 0.2) is 5.82 Å². The first kappa shape index (κ1) is 26.7. The Bertz CT molecular complexity index is 1800. The number of alkyl halides is 2. The molecule has 3 fully saturated rings. The first-order valence-electron chi connectivity index (χ1n) is 13.9. The van der Waals surface area contributed by atoms with E-state index < -0.39 is 23.0 Å². The van der Waals surface area contributed by atoms with Crippen molar-refractivity contribution in [1.29, 1.82) is 0 Å². The van der Waals surface area contributed by atoms with Gasteiger partial charge in [0.05, 0.1) is 16.4 Å². The first-order valence-corrected chi connectivity index (χ1v) is 13.9. The Labute approximate surface area is 239 Å². The van der Waals surface area contributed by atoms with Gasteiger partial charge >= 0.3 is 6.01 Å². The quantitative estimate of drug-likeness (QED) is 0.229. The van der Waals surface area contributed by atoms with Crippen molar-refractivity contribution in [2.45, 2.75) is 38.2 Å². The Balaban J connectivity index is 1.36. The van der Waals surface area contributed by atoms with E-state index in [0.29, 0.717) is 23.1 Å². The van der Waals surface area contributed by atoms with Crippen LogP contribution in [0.3, 0.4) is 0 Å². The molecular weight excluding hydrogens is 550 g/mol. The van der Waals surface area contributed by atoms with Crippen molar-refractivity contribution in [1.82, 2.24) is 19.9 Å². The molecule has 0 unspecified atom stereocenters. The number of halogens is 4. The van der Waals surface area contributed by atoms with Crippen LogP contribution in [0.1, 0.15) is 31.7 Å². The second-order valence-corrected chi connectivity index (χ2v) is 11.6. The van der Waals surface area contributed by atoms with Crippen molar-refractivity contribution in [3.05, 3.63) is 47.7 Å². The summed E-state index contributed by atoms with van der Waals surface area (Å²) in [4.78, 5) is 17.2. The van der Waals surface area contributed by atoms with Gasteiger partial charge in [0.1, 0.15) is 35.2 Å². The predicted octanol–water partition coefficient (Wildman–Crippen LogP) is 5.52. The van der Waals surface area contributed by atoms with Crippen molar-refractivity contribution < 1.29 is 27.4 Å². The van der Waals surface area contributed by atoms with E-state index in [2.05, 4.69) is 20.9 Å². The summed E-state index contributed by atoms with van der Waals surface area (Å²) in [6.45, 7) is 4.12. The van der Waals surface area contributed by atoms with Gasteiger partial charge in [-0.05, 0) is 56.4 Å². The van der Waals surface area contributed by atoms with Gasteiger partial charge in [-0.1, -0.05) is 12.0 Å². The summed E-state index contributed by atoms with van der Waals surface area (Å²) in [5.41, 5.74) is -1.64. The zero-order valence-electron chi connectivity index (χ0n) is 22.8. The lowest BCUT2D eigenvalue weighted by atomic mass is 9.95. The SMILES string of the molecule is C#Cc1c(F)ccc2cc(O)cc(-c3nc(N4CC[C@@H]4C)c4cnc(OC[C@]5(CN6CCC6)CC5(F)F)nc4c3F)c12. The Morgan fingerprint density at radius 1 is 1.17 bits per heavy atom. The average Bonchev–Trinajstić information content (AvgIpc) is 3.49. The van der Waals surface area contributed by atoms with Gasteiger partial charge in [-0.25, -0.2) is 27.5 Å². The molecule has 4 aromatic rings. The summed E-state index contributed by atoms with van der Waals surface area (Å²) in [5.74, 6) is -1.83. The third-order valence-corrected chi connectivity index (χ3v) is 8.85. The Morgan fingerprint density at radius 2 is 1.95 bits per heavy atom. The number of likely N-dealkylation sites (tertiary alicyclic amines) is 1. The van der Waals surface area contributed by atoms with Gasteiger partial charge in [-0.15, -0.1) is 6.42 Å². The number of phenols is 1. The van der Waals surface area contributed by atoms with E-state index in [1.165, 1.54) is 30.5 Å². The van der Waals surface area contributed by atoms with E-state index in [0.717, 1.165) is 25.9 Å². The van der Waals surface area contributed by atoms with E-state index >= 15 is 4.39 Å². The molecule has 0 bridgehead atoms. The van der Waals surface area contributed by atoms with Gasteiger partial charge in [0.25, 0.3) is 5.92 Å². The number of pyridine rings is 1. The number of phenolic OH excluding ortho intramolecular Hbond substituents is 1. The van der Waals surface area contributed by atoms with Crippen LogP contribution in [-0.2, 0) is 0 Å². The predicted molar refractivity (Wildman–Crippen MR) is 150 cm³/mol. The van der Waals surface area contributed by atoms with E-state index in [4.69, 9.17) is 11.2 Å². The van der Waals surface area contributed by atoms with Gasteiger partial charge in [0, 0.05) is 42.7 Å². The van der Waals surface area contributed by atoms with Crippen molar-refractivity contribution >= 4 is 27.5 Å². The second kappa shape index (κ2) is 9.42. The molecule has 216 valence electrons. The second-order valence-electron chi connectivity index (χ2n) is 11.6. The van der Waals surface area contributed by atoms with Crippen LogP contribution in [0.5, 0.6) is 11.8 Å². The van der Waals surface area contributed by atoms with Crippen LogP contribution in [-0.4, -0.2) is 69.7 Å². The van der Waals surface area contributed by atoms with Crippen molar-refractivity contribution in [2.75, 3.05) is 37.7 Å². The van der Waals surface area contributed by atoms with Gasteiger partial charge in [-0.3, -0.25) is 0 Å². The molecule has 1 aliphatic carbocycles. The third-order valence-electron chi connectivity index (χ3n) is 8.85. The monoisotopic (exact) mass is 577 g/mol. The van der Waals surface area contributed by atoms with E-state index in [9.17, 15) is 18.3 Å². The molecule has 2 atom stereocenters. The minimum atomic E-state index is -2.86. The Hall–Kier alpha value is -4.17. The highest BCUT2D eigenvalue weighted by Gasteiger charge is 2.72. The minimum absolute atomic E-state index is 0.0905. The molecule has 3 aliphatic rings. The number of ether oxygens (including phenoxy) is 1. The molecule has 0 spiro atoms. The molecule has 7 nitrogen and oxygen atoms in total. The number of hydrogen-bond acceptors (Lipinski definition) is 7. The molecule has 2 aromatic heterocycles. The van der Waals surface area contributed by atoms with Crippen LogP contribution in [0.25, 0.3) is 32.9 Å². The number of hydrogen-bond donors (Lipinski definition) is 1. The van der Waals surface area contributed by atoms with Gasteiger partial charge in [0.2, 0.25) is 0 Å². The van der Waals surface area contributed by atoms with Crippen LogP contribution >= 0.6 is 0 Å². The number of aromatic nitrogens is 3. The average molecular weight is 578 g/mol. The molecule has 2 aliphatic heterocycles. The summed E-state index contributed by atoms with van der Waals surface area (Å²) in [6, 6.07) is 5.21. The van der Waals surface area contributed by atoms with E-state index in [1.54, 1.807) is 0 Å². The van der Waals surface area contributed by atoms with Gasteiger partial charge in [-0.2, -0.15) is 4.98 Å². The van der Waals surface area contributed by atoms with Crippen LogP contribution in [0.15, 0.2) is 30.5 Å². The number of nitrogens with zero attached hydrogens (tertiary/aromatic N) is 5. The molecular formula is C31H27F4N5O2. The van der Waals surface area contributed by atoms with Crippen LogP contribution < -0.4 is 9.64 Å². The molecule has 1 saturated carbocycles. The minimum Gasteiger partial charge on any atom is -0.508 e. The molecule has 7 rings (SSSR count). The summed E-state index contributed by atoms with van der Waals surface area (Å²) >= 11 is 0. The maximum atomic E-state index is 16.4. The normalized spacial score (nSPS) is 23.0. The van der Waals surface area contributed by atoms with Crippen LogP contribution in [0.4, 0.5) is 23.4 Å². The zero-order chi connectivity index (χ0) is 29.4. The lowest BCUT2D eigenvalue weighted by Gasteiger charge is -2.40. The lowest BCUT2D eigenvalue weighted by molar-refractivity contribution is 0.0110. The summed E-state index contributed by atoms with van der Waals surface area (Å²) in [6.07, 6.45) is 8.62. The maximum Gasteiger partial charge on any atom is 0.317 e. The highest BCUT2D eigenvalue weighted by molar-refractivity contribution is 6.03. The van der Waals surface area contributed by atoms with E-state index in [-0.39, 0.29) is 65.1 Å². The molecule has 42 heavy (non-hydrogen) atoms. The van der Waals surface area contributed by atoms with Crippen LogP contribution in [0, 0.1) is 29.4 Å². The number of aromatic hydroxyl groups is 1. The number of benzene rings is 2. The molecule has 1 N–H and O–H groups in total. The van der Waals surface area contributed by atoms with Gasteiger partial charge < -0.3 is 19.6 Å². The fourth-order valence-electron chi connectivity index (χ4n) is 6.00. The molecule has 0 amide bonds. The van der Waals surface area contributed by atoms with E-state index in [1.807, 2.05) is 16.7 Å². The van der Waals surface area contributed by atoms with Crippen molar-refractivity contribution in [3.8, 4) is 35.4 Å². The smallest absolute Gasteiger partial charge is 0.317 e. The largest absolute Gasteiger partial charge is 0.508 e. The third kappa shape index (κ3) is 4.11. The standard InChI is InChI=1S/C31H27F4N5O2/c1-3-20-23(32)6-5-18-11-19(41)12-21(24(18)20)26-25(33)27-22(28(37-26)40-10-7-17(40)2)13-36-29(38-27)42-16-30(14-31(30,34)35)15-39-8-4-9-39/h1,5-6,11-13,17,41H,4,7-10,14-16H2,2H3/t17-,30+/m0/s1. The molecule has 2 aromatic carbocycles. The zero-order valence-corrected chi connectivity index (χ0v) is 22.8. The Kier molecular flexibility index (Phi) is 5.99. The van der Waals surface area contributed by atoms with Crippen molar-refractivity contribution in [3.63, 3.8) is 0 Å². The topological polar surface area (TPSA) is 74.6 Å².